The largest absolute Gasteiger partial charge is 0.360 e. The molecule has 0 radical (unpaired) electrons. The summed E-state index contributed by atoms with van der Waals surface area (Å²) in [5.41, 5.74) is 6.10. The van der Waals surface area contributed by atoms with Crippen LogP contribution in [0.1, 0.15) is 0 Å². The molecule has 15 heavy (non-hydrogen) atoms. The van der Waals surface area contributed by atoms with Crippen molar-refractivity contribution in [3.05, 3.63) is 30.5 Å². The zero-order valence-corrected chi connectivity index (χ0v) is 8.92. The van der Waals surface area contributed by atoms with E-state index in [0.717, 1.165) is 10.9 Å². The number of H-pyrrole nitrogens is 1. The topological polar surface area (TPSA) is 76.0 Å². The van der Waals surface area contributed by atoms with Crippen LogP contribution in [-0.2, 0) is 9.84 Å². The summed E-state index contributed by atoms with van der Waals surface area (Å²) >= 11 is 0. The Bertz CT molecular complexity index is 572. The third kappa shape index (κ3) is 1.75. The van der Waals surface area contributed by atoms with E-state index < -0.39 is 9.84 Å². The van der Waals surface area contributed by atoms with Gasteiger partial charge in [-0.1, -0.05) is 18.2 Å². The fraction of sp³-hybridized carbons (Fsp3) is 0.200. The van der Waals surface area contributed by atoms with E-state index in [2.05, 4.69) is 4.98 Å². The summed E-state index contributed by atoms with van der Waals surface area (Å²) in [5, 5.41) is 0.728. The molecule has 2 aromatic rings. The van der Waals surface area contributed by atoms with Crippen LogP contribution in [0.3, 0.4) is 0 Å². The van der Waals surface area contributed by atoms with E-state index in [0.29, 0.717) is 4.90 Å². The lowest BCUT2D eigenvalue weighted by Crippen LogP contribution is -2.15. The molecular formula is C10H12N2O2S. The molecule has 5 heteroatoms. The predicted molar refractivity (Wildman–Crippen MR) is 59.4 cm³/mol. The number of fused-ring (bicyclic) bond motifs is 1. The van der Waals surface area contributed by atoms with Crippen LogP contribution >= 0.6 is 0 Å². The molecule has 0 aliphatic heterocycles. The molecule has 0 amide bonds. The smallest absolute Gasteiger partial charge is 0.181 e. The second kappa shape index (κ2) is 3.67. The summed E-state index contributed by atoms with van der Waals surface area (Å²) in [4.78, 5) is 3.27. The third-order valence-corrected chi connectivity index (χ3v) is 4.05. The van der Waals surface area contributed by atoms with Gasteiger partial charge in [-0.3, -0.25) is 0 Å². The van der Waals surface area contributed by atoms with Gasteiger partial charge in [0.1, 0.15) is 0 Å². The molecule has 2 rings (SSSR count). The highest BCUT2D eigenvalue weighted by atomic mass is 32.2. The first-order valence-electron chi connectivity index (χ1n) is 4.64. The van der Waals surface area contributed by atoms with E-state index in [-0.39, 0.29) is 12.3 Å². The van der Waals surface area contributed by atoms with E-state index in [4.69, 9.17) is 5.73 Å². The number of sulfone groups is 1. The van der Waals surface area contributed by atoms with Crippen molar-refractivity contribution in [2.75, 3.05) is 12.3 Å². The standard InChI is InChI=1S/C10H12N2O2S/c11-5-6-15(13,14)10-7-12-9-4-2-1-3-8(9)10/h1-4,7,12H,5-6,11H2. The monoisotopic (exact) mass is 224 g/mol. The van der Waals surface area contributed by atoms with E-state index in [1.54, 1.807) is 6.07 Å². The number of nitrogens with two attached hydrogens (primary N) is 1. The fourth-order valence-electron chi connectivity index (χ4n) is 1.57. The number of hydrogen-bond acceptors (Lipinski definition) is 3. The SMILES string of the molecule is NCCS(=O)(=O)c1c[nH]c2ccccc12. The summed E-state index contributed by atoms with van der Waals surface area (Å²) in [6, 6.07) is 7.31. The molecular weight excluding hydrogens is 212 g/mol. The molecule has 0 spiro atoms. The Morgan fingerprint density at radius 3 is 2.73 bits per heavy atom. The van der Waals surface area contributed by atoms with E-state index in [9.17, 15) is 8.42 Å². The quantitative estimate of drug-likeness (QED) is 0.813. The van der Waals surface area contributed by atoms with Crippen LogP contribution in [0, 0.1) is 0 Å². The minimum absolute atomic E-state index is 0.0190. The van der Waals surface area contributed by atoms with Gasteiger partial charge in [0.25, 0.3) is 0 Å². The Balaban J connectivity index is 2.63. The van der Waals surface area contributed by atoms with Crippen molar-refractivity contribution in [3.63, 3.8) is 0 Å². The van der Waals surface area contributed by atoms with Gasteiger partial charge in [0.05, 0.1) is 10.6 Å². The first kappa shape index (κ1) is 10.2. The highest BCUT2D eigenvalue weighted by molar-refractivity contribution is 7.91. The molecule has 0 atom stereocenters. The summed E-state index contributed by atoms with van der Waals surface area (Å²) in [5.74, 6) is -0.0190. The van der Waals surface area contributed by atoms with Crippen LogP contribution in [-0.4, -0.2) is 25.7 Å². The van der Waals surface area contributed by atoms with Crippen molar-refractivity contribution in [3.8, 4) is 0 Å². The van der Waals surface area contributed by atoms with Crippen LogP contribution in [0.2, 0.25) is 0 Å². The Labute approximate surface area is 88.0 Å². The van der Waals surface area contributed by atoms with Crippen molar-refractivity contribution in [1.29, 1.82) is 0 Å². The maximum Gasteiger partial charge on any atom is 0.181 e. The van der Waals surface area contributed by atoms with Gasteiger partial charge in [0.2, 0.25) is 0 Å². The van der Waals surface area contributed by atoms with Gasteiger partial charge in [-0.15, -0.1) is 0 Å². The second-order valence-electron chi connectivity index (χ2n) is 3.31. The number of para-hydroxylation sites is 1. The lowest BCUT2D eigenvalue weighted by molar-refractivity contribution is 0.597. The number of rotatable bonds is 3. The maximum atomic E-state index is 11.8. The van der Waals surface area contributed by atoms with Gasteiger partial charge in [-0.05, 0) is 6.07 Å². The Morgan fingerprint density at radius 1 is 1.27 bits per heavy atom. The Morgan fingerprint density at radius 2 is 2.00 bits per heavy atom. The lowest BCUT2D eigenvalue weighted by atomic mass is 10.2. The molecule has 0 unspecified atom stereocenters. The van der Waals surface area contributed by atoms with Crippen molar-refractivity contribution in [2.24, 2.45) is 5.73 Å². The highest BCUT2D eigenvalue weighted by Gasteiger charge is 2.17. The van der Waals surface area contributed by atoms with Crippen molar-refractivity contribution in [1.82, 2.24) is 4.98 Å². The number of nitrogens with one attached hydrogen (secondary N) is 1. The van der Waals surface area contributed by atoms with Crippen molar-refractivity contribution >= 4 is 20.7 Å². The van der Waals surface area contributed by atoms with E-state index >= 15 is 0 Å². The second-order valence-corrected chi connectivity index (χ2v) is 5.38. The summed E-state index contributed by atoms with van der Waals surface area (Å²) in [7, 11) is -3.25. The Kier molecular flexibility index (Phi) is 2.50. The Hall–Kier alpha value is -1.33. The minimum atomic E-state index is -3.25. The van der Waals surface area contributed by atoms with E-state index in [1.165, 1.54) is 6.20 Å². The summed E-state index contributed by atoms with van der Waals surface area (Å²) < 4.78 is 23.6. The number of hydrogen-bond donors (Lipinski definition) is 2. The average molecular weight is 224 g/mol. The van der Waals surface area contributed by atoms with Crippen LogP contribution in [0.5, 0.6) is 0 Å². The van der Waals surface area contributed by atoms with Gasteiger partial charge >= 0.3 is 0 Å². The van der Waals surface area contributed by atoms with Crippen LogP contribution in [0.25, 0.3) is 10.9 Å². The fourth-order valence-corrected chi connectivity index (χ4v) is 2.85. The maximum absolute atomic E-state index is 11.8. The van der Waals surface area contributed by atoms with Gasteiger partial charge in [0.15, 0.2) is 9.84 Å². The molecule has 0 saturated carbocycles. The van der Waals surface area contributed by atoms with Gasteiger partial charge in [-0.25, -0.2) is 8.42 Å². The van der Waals surface area contributed by atoms with Crippen LogP contribution in [0.4, 0.5) is 0 Å². The average Bonchev–Trinajstić information content (AvgIpc) is 2.61. The zero-order valence-electron chi connectivity index (χ0n) is 8.10. The lowest BCUT2D eigenvalue weighted by Gasteiger charge is -1.99. The van der Waals surface area contributed by atoms with Gasteiger partial charge in [-0.2, -0.15) is 0 Å². The molecule has 0 aliphatic rings. The molecule has 0 aliphatic carbocycles. The molecule has 4 nitrogen and oxygen atoms in total. The molecule has 0 fully saturated rings. The highest BCUT2D eigenvalue weighted by Crippen LogP contribution is 2.22. The first-order chi connectivity index (χ1) is 7.15. The summed E-state index contributed by atoms with van der Waals surface area (Å²) in [6.45, 7) is 0.141. The minimum Gasteiger partial charge on any atom is -0.360 e. The van der Waals surface area contributed by atoms with E-state index in [1.807, 2.05) is 18.2 Å². The van der Waals surface area contributed by atoms with Crippen molar-refractivity contribution < 1.29 is 8.42 Å². The normalized spacial score (nSPS) is 12.1. The van der Waals surface area contributed by atoms with Crippen molar-refractivity contribution in [2.45, 2.75) is 4.90 Å². The van der Waals surface area contributed by atoms with Gasteiger partial charge < -0.3 is 10.7 Å². The molecule has 1 aromatic heterocycles. The zero-order chi connectivity index (χ0) is 10.9. The first-order valence-corrected chi connectivity index (χ1v) is 6.29. The van der Waals surface area contributed by atoms with Crippen LogP contribution < -0.4 is 5.73 Å². The molecule has 0 saturated heterocycles. The number of benzene rings is 1. The molecule has 80 valence electrons. The predicted octanol–water partition coefficient (Wildman–Crippen LogP) is 0.900. The molecule has 1 heterocycles. The molecule has 3 N–H and O–H groups in total. The summed E-state index contributed by atoms with van der Waals surface area (Å²) in [6.07, 6.45) is 1.52. The third-order valence-electron chi connectivity index (χ3n) is 2.27. The number of aromatic nitrogens is 1. The van der Waals surface area contributed by atoms with Gasteiger partial charge in [0, 0.05) is 23.6 Å². The van der Waals surface area contributed by atoms with Crippen LogP contribution in [0.15, 0.2) is 35.4 Å². The molecule has 0 bridgehead atoms. The molecule has 1 aromatic carbocycles. The number of aromatic amines is 1.